The Bertz CT molecular complexity index is 809. The molecule has 0 amide bonds. The lowest BCUT2D eigenvalue weighted by Crippen LogP contribution is -2.21. The Morgan fingerprint density at radius 3 is 2.50 bits per heavy atom. The summed E-state index contributed by atoms with van der Waals surface area (Å²) in [5.41, 5.74) is 11.1. The molecule has 0 aliphatic heterocycles. The predicted molar refractivity (Wildman–Crippen MR) is 124 cm³/mol. The van der Waals surface area contributed by atoms with Crippen molar-refractivity contribution in [3.05, 3.63) is 64.0 Å². The Hall–Kier alpha value is -1.81. The van der Waals surface area contributed by atoms with Gasteiger partial charge in [0.05, 0.1) is 10.7 Å². The zero-order valence-corrected chi connectivity index (χ0v) is 19.4. The molecule has 0 bridgehead atoms. The average Bonchev–Trinajstić information content (AvgIpc) is 3.56. The molecule has 5 heteroatoms. The van der Waals surface area contributed by atoms with Crippen molar-refractivity contribution in [1.82, 2.24) is 4.90 Å². The van der Waals surface area contributed by atoms with E-state index in [1.165, 1.54) is 12.8 Å². The Morgan fingerprint density at radius 1 is 1.33 bits per heavy atom. The lowest BCUT2D eigenvalue weighted by atomic mass is 9.88. The van der Waals surface area contributed by atoms with E-state index < -0.39 is 12.3 Å². The minimum Gasteiger partial charge on any atom is -0.400 e. The molecular weight excluding hydrogens is 402 g/mol. The van der Waals surface area contributed by atoms with E-state index in [9.17, 15) is 8.78 Å². The van der Waals surface area contributed by atoms with Crippen LogP contribution >= 0.6 is 11.6 Å². The first-order chi connectivity index (χ1) is 14.2. The first-order valence-electron chi connectivity index (χ1n) is 10.9. The minimum atomic E-state index is -2.36. The number of allylic oxidation sites excluding steroid dienone is 3. The molecule has 1 aliphatic carbocycles. The molecule has 30 heavy (non-hydrogen) atoms. The van der Waals surface area contributed by atoms with Gasteiger partial charge in [0.25, 0.3) is 0 Å². The zero-order chi connectivity index (χ0) is 22.4. The molecule has 0 aromatic heterocycles. The van der Waals surface area contributed by atoms with E-state index in [1.807, 2.05) is 57.0 Å². The summed E-state index contributed by atoms with van der Waals surface area (Å²) < 4.78 is 27.3. The maximum absolute atomic E-state index is 13.7. The number of nitrogens with two attached hydrogens (primary N) is 1. The molecule has 0 spiro atoms. The van der Waals surface area contributed by atoms with Gasteiger partial charge in [-0.3, -0.25) is 0 Å². The van der Waals surface area contributed by atoms with Crippen molar-refractivity contribution >= 4 is 17.3 Å². The molecule has 0 saturated heterocycles. The Balaban J connectivity index is 2.42. The highest BCUT2D eigenvalue weighted by atomic mass is 35.5. The van der Waals surface area contributed by atoms with Crippen LogP contribution in [-0.4, -0.2) is 18.4 Å². The summed E-state index contributed by atoms with van der Waals surface area (Å²) in [6.45, 7) is 9.93. The second kappa shape index (κ2) is 11.0. The van der Waals surface area contributed by atoms with Gasteiger partial charge in [-0.2, -0.15) is 0 Å². The summed E-state index contributed by atoms with van der Waals surface area (Å²) in [6.07, 6.45) is 4.91. The Kier molecular flexibility index (Phi) is 8.96. The second-order valence-electron chi connectivity index (χ2n) is 8.11. The largest absolute Gasteiger partial charge is 0.400 e. The van der Waals surface area contributed by atoms with E-state index in [1.54, 1.807) is 0 Å². The van der Waals surface area contributed by atoms with E-state index in [0.29, 0.717) is 23.6 Å². The van der Waals surface area contributed by atoms with Gasteiger partial charge in [0, 0.05) is 24.4 Å². The molecular formula is C25H35ClF2N2. The monoisotopic (exact) mass is 436 g/mol. The van der Waals surface area contributed by atoms with Crippen molar-refractivity contribution in [2.24, 2.45) is 11.7 Å². The Labute approximate surface area is 185 Å². The van der Waals surface area contributed by atoms with E-state index in [0.717, 1.165) is 46.8 Å². The van der Waals surface area contributed by atoms with Crippen LogP contribution in [0, 0.1) is 5.92 Å². The SMILES string of the molecule is C=C(c1ccc(C(CC)C(F)F)c(CCC2CC2)c1)N(C)C(=C(\N)CC)/C(Cl)=C\C. The van der Waals surface area contributed by atoms with Crippen molar-refractivity contribution in [2.75, 3.05) is 7.05 Å². The molecule has 1 saturated carbocycles. The van der Waals surface area contributed by atoms with Gasteiger partial charge in [0.15, 0.2) is 0 Å². The topological polar surface area (TPSA) is 29.3 Å². The van der Waals surface area contributed by atoms with Crippen molar-refractivity contribution in [3.8, 4) is 0 Å². The standard InChI is InChI=1S/C25H35ClF2N2/c1-6-20(25(27)28)21-14-13-18(15-19(21)12-11-17-9-10-17)16(4)30(5)24(22(26)7-2)23(29)8-3/h7,13-15,17,20,25H,4,6,8-12,29H2,1-3,5H3/b22-7+,24-23-. The highest BCUT2D eigenvalue weighted by Gasteiger charge is 2.26. The first-order valence-corrected chi connectivity index (χ1v) is 11.3. The zero-order valence-electron chi connectivity index (χ0n) is 18.6. The smallest absolute Gasteiger partial charge is 0.245 e. The highest BCUT2D eigenvalue weighted by molar-refractivity contribution is 6.32. The first kappa shape index (κ1) is 24.5. The van der Waals surface area contributed by atoms with Crippen molar-refractivity contribution < 1.29 is 8.78 Å². The number of alkyl halides is 2. The number of rotatable bonds is 11. The third-order valence-electron chi connectivity index (χ3n) is 6.04. The maximum atomic E-state index is 13.7. The van der Waals surface area contributed by atoms with Gasteiger partial charge in [-0.05, 0) is 61.3 Å². The van der Waals surface area contributed by atoms with Gasteiger partial charge in [0.1, 0.15) is 0 Å². The molecule has 0 radical (unpaired) electrons. The molecule has 166 valence electrons. The van der Waals surface area contributed by atoms with Gasteiger partial charge in [-0.15, -0.1) is 0 Å². The van der Waals surface area contributed by atoms with E-state index in [-0.39, 0.29) is 0 Å². The highest BCUT2D eigenvalue weighted by Crippen LogP contribution is 2.37. The summed E-state index contributed by atoms with van der Waals surface area (Å²) in [5, 5.41) is 0.562. The fourth-order valence-corrected chi connectivity index (χ4v) is 4.07. The normalized spacial score (nSPS) is 16.5. The molecule has 1 aromatic rings. The lowest BCUT2D eigenvalue weighted by molar-refractivity contribution is 0.111. The van der Waals surface area contributed by atoms with Crippen LogP contribution in [0.5, 0.6) is 0 Å². The molecule has 1 atom stereocenters. The van der Waals surface area contributed by atoms with Crippen LogP contribution < -0.4 is 5.73 Å². The molecule has 1 aromatic carbocycles. The van der Waals surface area contributed by atoms with Crippen LogP contribution in [0.4, 0.5) is 8.78 Å². The van der Waals surface area contributed by atoms with Gasteiger partial charge >= 0.3 is 0 Å². The summed E-state index contributed by atoms with van der Waals surface area (Å²) in [6, 6.07) is 5.79. The van der Waals surface area contributed by atoms with Gasteiger partial charge in [-0.1, -0.05) is 63.1 Å². The number of halogens is 3. The van der Waals surface area contributed by atoms with Crippen molar-refractivity contribution in [3.63, 3.8) is 0 Å². The average molecular weight is 437 g/mol. The van der Waals surface area contributed by atoms with Gasteiger partial charge < -0.3 is 10.6 Å². The molecule has 2 nitrogen and oxygen atoms in total. The van der Waals surface area contributed by atoms with E-state index in [4.69, 9.17) is 17.3 Å². The molecule has 1 unspecified atom stereocenters. The van der Waals surface area contributed by atoms with Crippen LogP contribution in [0.2, 0.25) is 0 Å². The van der Waals surface area contributed by atoms with Crippen molar-refractivity contribution in [1.29, 1.82) is 0 Å². The molecule has 1 aliphatic rings. The summed E-state index contributed by atoms with van der Waals surface area (Å²) in [4.78, 5) is 1.89. The van der Waals surface area contributed by atoms with Crippen LogP contribution in [0.1, 0.15) is 75.5 Å². The van der Waals surface area contributed by atoms with Crippen LogP contribution in [-0.2, 0) is 6.42 Å². The van der Waals surface area contributed by atoms with E-state index >= 15 is 0 Å². The molecule has 0 heterocycles. The second-order valence-corrected chi connectivity index (χ2v) is 8.52. The molecule has 1 fully saturated rings. The van der Waals surface area contributed by atoms with E-state index in [2.05, 4.69) is 6.58 Å². The van der Waals surface area contributed by atoms with Gasteiger partial charge in [0.2, 0.25) is 6.43 Å². The number of likely N-dealkylation sites (N-methyl/N-ethyl adjacent to an activating group) is 1. The van der Waals surface area contributed by atoms with Crippen molar-refractivity contribution in [2.45, 2.75) is 71.6 Å². The fourth-order valence-electron chi connectivity index (χ4n) is 3.83. The molecule has 2 rings (SSSR count). The fraction of sp³-hybridized carbons (Fsp3) is 0.520. The Morgan fingerprint density at radius 2 is 2.00 bits per heavy atom. The van der Waals surface area contributed by atoms with Crippen LogP contribution in [0.25, 0.3) is 5.70 Å². The quantitative estimate of drug-likeness (QED) is 0.366. The lowest BCUT2D eigenvalue weighted by Gasteiger charge is -2.27. The predicted octanol–water partition coefficient (Wildman–Crippen LogP) is 7.41. The number of benzene rings is 1. The number of nitrogens with zero attached hydrogens (tertiary/aromatic N) is 1. The number of aryl methyl sites for hydroxylation is 1. The van der Waals surface area contributed by atoms with Gasteiger partial charge in [-0.25, -0.2) is 8.78 Å². The van der Waals surface area contributed by atoms with Crippen LogP contribution in [0.3, 0.4) is 0 Å². The molecule has 2 N–H and O–H groups in total. The number of hydrogen-bond acceptors (Lipinski definition) is 2. The minimum absolute atomic E-state index is 0.422. The maximum Gasteiger partial charge on any atom is 0.245 e. The summed E-state index contributed by atoms with van der Waals surface area (Å²) in [5.74, 6) is 0.00861. The number of hydrogen-bond donors (Lipinski definition) is 1. The third-order valence-corrected chi connectivity index (χ3v) is 6.44. The third kappa shape index (κ3) is 5.87. The van der Waals surface area contributed by atoms with Crippen LogP contribution in [0.15, 0.2) is 47.3 Å². The summed E-state index contributed by atoms with van der Waals surface area (Å²) >= 11 is 6.43. The summed E-state index contributed by atoms with van der Waals surface area (Å²) in [7, 11) is 1.89.